The molecule has 0 saturated carbocycles. The molecule has 0 spiro atoms. The molecule has 0 amide bonds. The van der Waals surface area contributed by atoms with Gasteiger partial charge in [-0.15, -0.1) is 0 Å². The molecular formula is C9H15NO3. The Hall–Kier alpha value is -1.15. The second kappa shape index (κ2) is 4.77. The molecule has 74 valence electrons. The summed E-state index contributed by atoms with van der Waals surface area (Å²) in [6.45, 7) is 7.45. The third-order valence-electron chi connectivity index (χ3n) is 1.51. The molecule has 0 unspecified atom stereocenters. The first-order chi connectivity index (χ1) is 5.93. The van der Waals surface area contributed by atoms with E-state index >= 15 is 0 Å². The smallest absolute Gasteiger partial charge is 0.332 e. The molecule has 0 rings (SSSR count). The first-order valence-corrected chi connectivity index (χ1v) is 4.17. The SMILES string of the molecule is CCOC(=O)[C@@H](N=C=O)C(C)(C)C. The third kappa shape index (κ3) is 3.85. The summed E-state index contributed by atoms with van der Waals surface area (Å²) in [5, 5.41) is 0. The molecule has 0 aliphatic carbocycles. The minimum Gasteiger partial charge on any atom is -0.464 e. The second-order valence-electron chi connectivity index (χ2n) is 3.74. The molecule has 0 aliphatic heterocycles. The van der Waals surface area contributed by atoms with Crippen LogP contribution in [-0.4, -0.2) is 24.7 Å². The van der Waals surface area contributed by atoms with Crippen molar-refractivity contribution in [1.29, 1.82) is 0 Å². The summed E-state index contributed by atoms with van der Waals surface area (Å²) in [5.41, 5.74) is -0.413. The van der Waals surface area contributed by atoms with Crippen molar-refractivity contribution in [2.45, 2.75) is 33.7 Å². The van der Waals surface area contributed by atoms with Crippen LogP contribution in [0.4, 0.5) is 0 Å². The number of isocyanates is 1. The zero-order chi connectivity index (χ0) is 10.5. The Bertz CT molecular complexity index is 224. The fourth-order valence-corrected chi connectivity index (χ4v) is 0.874. The highest BCUT2D eigenvalue weighted by Crippen LogP contribution is 2.22. The molecule has 0 N–H and O–H groups in total. The normalized spacial score (nSPS) is 12.9. The number of nitrogens with zero attached hydrogens (tertiary/aromatic N) is 1. The van der Waals surface area contributed by atoms with Crippen molar-refractivity contribution in [3.05, 3.63) is 0 Å². The van der Waals surface area contributed by atoms with E-state index in [4.69, 9.17) is 4.74 Å². The molecular weight excluding hydrogens is 170 g/mol. The Morgan fingerprint density at radius 1 is 1.54 bits per heavy atom. The van der Waals surface area contributed by atoms with E-state index in [1.807, 2.05) is 20.8 Å². The molecule has 4 heteroatoms. The number of carbonyl (C=O) groups is 1. The van der Waals surface area contributed by atoms with Gasteiger partial charge in [0, 0.05) is 0 Å². The van der Waals surface area contributed by atoms with Gasteiger partial charge in [-0.1, -0.05) is 20.8 Å². The van der Waals surface area contributed by atoms with Gasteiger partial charge < -0.3 is 4.74 Å². The minimum atomic E-state index is -0.759. The minimum absolute atomic E-state index is 0.291. The highest BCUT2D eigenvalue weighted by Gasteiger charge is 2.32. The van der Waals surface area contributed by atoms with Crippen LogP contribution in [0.5, 0.6) is 0 Å². The van der Waals surface area contributed by atoms with Gasteiger partial charge in [-0.25, -0.2) is 9.59 Å². The summed E-state index contributed by atoms with van der Waals surface area (Å²) in [7, 11) is 0. The number of esters is 1. The number of rotatable bonds is 3. The van der Waals surface area contributed by atoms with Crippen LogP contribution in [0.15, 0.2) is 4.99 Å². The van der Waals surface area contributed by atoms with Gasteiger partial charge in [0.05, 0.1) is 6.61 Å². The van der Waals surface area contributed by atoms with E-state index in [0.717, 1.165) is 0 Å². The Morgan fingerprint density at radius 3 is 2.38 bits per heavy atom. The zero-order valence-corrected chi connectivity index (χ0v) is 8.46. The van der Waals surface area contributed by atoms with Crippen LogP contribution in [0.1, 0.15) is 27.7 Å². The third-order valence-corrected chi connectivity index (χ3v) is 1.51. The van der Waals surface area contributed by atoms with Gasteiger partial charge in [-0.3, -0.25) is 0 Å². The molecule has 4 nitrogen and oxygen atoms in total. The van der Waals surface area contributed by atoms with E-state index in [-0.39, 0.29) is 0 Å². The molecule has 0 aromatic heterocycles. The van der Waals surface area contributed by atoms with Crippen molar-refractivity contribution >= 4 is 12.0 Å². The lowest BCUT2D eigenvalue weighted by Crippen LogP contribution is -2.34. The van der Waals surface area contributed by atoms with Gasteiger partial charge in [0.15, 0.2) is 6.04 Å². The van der Waals surface area contributed by atoms with Crippen molar-refractivity contribution in [2.75, 3.05) is 6.61 Å². The standard InChI is InChI=1S/C9H15NO3/c1-5-13-8(12)7(10-6-11)9(2,3)4/h7H,5H2,1-4H3/t7-/m1/s1. The van der Waals surface area contributed by atoms with Crippen molar-refractivity contribution < 1.29 is 14.3 Å². The molecule has 1 atom stereocenters. The van der Waals surface area contributed by atoms with Gasteiger partial charge in [0.1, 0.15) is 0 Å². The average Bonchev–Trinajstić information content (AvgIpc) is 1.98. The number of ether oxygens (including phenoxy) is 1. The number of hydrogen-bond donors (Lipinski definition) is 0. The molecule has 13 heavy (non-hydrogen) atoms. The summed E-state index contributed by atoms with van der Waals surface area (Å²) in [4.78, 5) is 24.8. The topological polar surface area (TPSA) is 55.7 Å². The Kier molecular flexibility index (Phi) is 4.35. The van der Waals surface area contributed by atoms with Crippen molar-refractivity contribution in [3.8, 4) is 0 Å². The zero-order valence-electron chi connectivity index (χ0n) is 8.46. The number of aliphatic imine (C=N–C) groups is 1. The molecule has 0 fully saturated rings. The molecule has 0 aromatic carbocycles. The highest BCUT2D eigenvalue weighted by atomic mass is 16.5. The maximum atomic E-state index is 11.3. The predicted octanol–water partition coefficient (Wildman–Crippen LogP) is 1.30. The first kappa shape index (κ1) is 11.8. The van der Waals surface area contributed by atoms with E-state index in [1.165, 1.54) is 6.08 Å². The molecule has 0 heterocycles. The summed E-state index contributed by atoms with van der Waals surface area (Å²) >= 11 is 0. The Balaban J connectivity index is 4.61. The second-order valence-corrected chi connectivity index (χ2v) is 3.74. The van der Waals surface area contributed by atoms with E-state index in [9.17, 15) is 9.59 Å². The fraction of sp³-hybridized carbons (Fsp3) is 0.778. The van der Waals surface area contributed by atoms with Gasteiger partial charge in [-0.05, 0) is 12.3 Å². The van der Waals surface area contributed by atoms with Gasteiger partial charge in [0.25, 0.3) is 0 Å². The highest BCUT2D eigenvalue weighted by molar-refractivity contribution is 5.77. The Morgan fingerprint density at radius 2 is 2.08 bits per heavy atom. The monoisotopic (exact) mass is 185 g/mol. The summed E-state index contributed by atoms with van der Waals surface area (Å²) in [6, 6.07) is -0.759. The Labute approximate surface area is 78.0 Å². The summed E-state index contributed by atoms with van der Waals surface area (Å²) in [5.74, 6) is -0.474. The number of hydrogen-bond acceptors (Lipinski definition) is 4. The van der Waals surface area contributed by atoms with Crippen LogP contribution < -0.4 is 0 Å². The predicted molar refractivity (Wildman–Crippen MR) is 48.0 cm³/mol. The lowest BCUT2D eigenvalue weighted by molar-refractivity contribution is -0.147. The van der Waals surface area contributed by atoms with Crippen molar-refractivity contribution in [2.24, 2.45) is 10.4 Å². The maximum Gasteiger partial charge on any atom is 0.332 e. The fourth-order valence-electron chi connectivity index (χ4n) is 0.874. The molecule has 0 aromatic rings. The summed E-state index contributed by atoms with van der Waals surface area (Å²) in [6.07, 6.45) is 1.39. The molecule has 0 saturated heterocycles. The largest absolute Gasteiger partial charge is 0.464 e. The van der Waals surface area contributed by atoms with Gasteiger partial charge >= 0.3 is 5.97 Å². The van der Waals surface area contributed by atoms with Crippen LogP contribution in [0, 0.1) is 5.41 Å². The maximum absolute atomic E-state index is 11.3. The van der Waals surface area contributed by atoms with E-state index in [0.29, 0.717) is 6.61 Å². The molecule has 0 bridgehead atoms. The lowest BCUT2D eigenvalue weighted by atomic mass is 9.87. The summed E-state index contributed by atoms with van der Waals surface area (Å²) < 4.78 is 4.77. The van der Waals surface area contributed by atoms with Crippen LogP contribution in [0.3, 0.4) is 0 Å². The van der Waals surface area contributed by atoms with Crippen LogP contribution >= 0.6 is 0 Å². The average molecular weight is 185 g/mol. The van der Waals surface area contributed by atoms with Crippen LogP contribution in [-0.2, 0) is 14.3 Å². The van der Waals surface area contributed by atoms with Crippen molar-refractivity contribution in [1.82, 2.24) is 0 Å². The van der Waals surface area contributed by atoms with E-state index in [1.54, 1.807) is 6.92 Å². The van der Waals surface area contributed by atoms with E-state index < -0.39 is 17.4 Å². The van der Waals surface area contributed by atoms with Crippen LogP contribution in [0.2, 0.25) is 0 Å². The molecule has 0 aliphatic rings. The number of carbonyl (C=O) groups excluding carboxylic acids is 2. The van der Waals surface area contributed by atoms with Crippen LogP contribution in [0.25, 0.3) is 0 Å². The quantitative estimate of drug-likeness (QED) is 0.378. The van der Waals surface area contributed by atoms with Gasteiger partial charge in [-0.2, -0.15) is 4.99 Å². The lowest BCUT2D eigenvalue weighted by Gasteiger charge is -2.23. The van der Waals surface area contributed by atoms with Gasteiger partial charge in [0.2, 0.25) is 6.08 Å². The van der Waals surface area contributed by atoms with E-state index in [2.05, 4.69) is 4.99 Å². The van der Waals surface area contributed by atoms with Crippen molar-refractivity contribution in [3.63, 3.8) is 0 Å². The first-order valence-electron chi connectivity index (χ1n) is 4.17. The molecule has 0 radical (unpaired) electrons.